The number of aryl methyl sites for hydroxylation is 1. The van der Waals surface area contributed by atoms with E-state index in [9.17, 15) is 14.7 Å². The van der Waals surface area contributed by atoms with Gasteiger partial charge < -0.3 is 14.9 Å². The zero-order valence-corrected chi connectivity index (χ0v) is 17.6. The van der Waals surface area contributed by atoms with Crippen LogP contribution in [-0.4, -0.2) is 58.0 Å². The Hall–Kier alpha value is -1.88. The molecule has 5 heteroatoms. The number of carbonyl (C=O) groups excluding carboxylic acids is 2. The molecule has 1 aromatic rings. The van der Waals surface area contributed by atoms with Gasteiger partial charge in [0.2, 0.25) is 5.91 Å². The second kappa shape index (κ2) is 8.01. The van der Waals surface area contributed by atoms with Crippen molar-refractivity contribution >= 4 is 11.8 Å². The number of rotatable bonds is 6. The highest BCUT2D eigenvalue weighted by atomic mass is 16.3. The fourth-order valence-corrected chi connectivity index (χ4v) is 3.55. The molecule has 1 aromatic carbocycles. The number of aliphatic hydroxyl groups is 1. The van der Waals surface area contributed by atoms with Crippen LogP contribution in [0.15, 0.2) is 24.3 Å². The number of nitrogens with zero attached hydrogens (tertiary/aromatic N) is 2. The topological polar surface area (TPSA) is 60.9 Å². The number of benzene rings is 1. The van der Waals surface area contributed by atoms with Gasteiger partial charge in [0.15, 0.2) is 0 Å². The van der Waals surface area contributed by atoms with Gasteiger partial charge in [0.25, 0.3) is 5.91 Å². The maximum atomic E-state index is 12.8. The zero-order valence-electron chi connectivity index (χ0n) is 17.6. The second-order valence-electron chi connectivity index (χ2n) is 9.44. The summed E-state index contributed by atoms with van der Waals surface area (Å²) in [4.78, 5) is 28.7. The molecule has 1 unspecified atom stereocenters. The quantitative estimate of drug-likeness (QED) is 0.832. The van der Waals surface area contributed by atoms with E-state index in [-0.39, 0.29) is 23.3 Å². The highest BCUT2D eigenvalue weighted by Crippen LogP contribution is 2.26. The predicted octanol–water partition coefficient (Wildman–Crippen LogP) is 3.11. The van der Waals surface area contributed by atoms with Gasteiger partial charge in [0.05, 0.1) is 5.60 Å². The highest BCUT2D eigenvalue weighted by Gasteiger charge is 2.36. The van der Waals surface area contributed by atoms with Crippen molar-refractivity contribution in [2.45, 2.75) is 65.0 Å². The first-order chi connectivity index (χ1) is 12.4. The predicted molar refractivity (Wildman–Crippen MR) is 108 cm³/mol. The van der Waals surface area contributed by atoms with Crippen molar-refractivity contribution in [3.8, 4) is 0 Å². The van der Waals surface area contributed by atoms with Crippen LogP contribution in [0.4, 0.5) is 0 Å². The van der Waals surface area contributed by atoms with E-state index in [4.69, 9.17) is 0 Å². The summed E-state index contributed by atoms with van der Waals surface area (Å²) in [6.07, 6.45) is 1.87. The molecule has 0 aromatic heterocycles. The van der Waals surface area contributed by atoms with E-state index in [2.05, 4.69) is 0 Å². The smallest absolute Gasteiger partial charge is 0.253 e. The monoisotopic (exact) mass is 374 g/mol. The lowest BCUT2D eigenvalue weighted by molar-refractivity contribution is -0.131. The molecule has 27 heavy (non-hydrogen) atoms. The fraction of sp³-hybridized carbons (Fsp3) is 0.636. The molecule has 0 radical (unpaired) electrons. The maximum absolute atomic E-state index is 12.8. The van der Waals surface area contributed by atoms with E-state index < -0.39 is 5.60 Å². The van der Waals surface area contributed by atoms with Gasteiger partial charge in [0.1, 0.15) is 0 Å². The van der Waals surface area contributed by atoms with Gasteiger partial charge in [-0.3, -0.25) is 9.59 Å². The standard InChI is InChI=1S/C22H34N2O3/c1-21(2,3)24-15-17(13-19(24)25)14-23(6)20(26)18-9-7-8-16(12-18)10-11-22(4,5)27/h7-9,12,17,27H,10-11,13-15H2,1-6H3. The van der Waals surface area contributed by atoms with Crippen molar-refractivity contribution in [1.29, 1.82) is 0 Å². The van der Waals surface area contributed by atoms with Crippen LogP contribution >= 0.6 is 0 Å². The van der Waals surface area contributed by atoms with Gasteiger partial charge in [-0.1, -0.05) is 12.1 Å². The molecule has 1 fully saturated rings. The van der Waals surface area contributed by atoms with Crippen molar-refractivity contribution in [3.63, 3.8) is 0 Å². The molecule has 1 atom stereocenters. The van der Waals surface area contributed by atoms with Crippen LogP contribution in [0.1, 0.15) is 63.4 Å². The minimum atomic E-state index is -0.718. The van der Waals surface area contributed by atoms with Crippen LogP contribution in [0, 0.1) is 5.92 Å². The molecule has 0 bridgehead atoms. The summed E-state index contributed by atoms with van der Waals surface area (Å²) in [6, 6.07) is 7.61. The van der Waals surface area contributed by atoms with Crippen LogP contribution < -0.4 is 0 Å². The van der Waals surface area contributed by atoms with Crippen LogP contribution in [0.5, 0.6) is 0 Å². The second-order valence-corrected chi connectivity index (χ2v) is 9.44. The number of hydrogen-bond acceptors (Lipinski definition) is 3. The van der Waals surface area contributed by atoms with E-state index in [1.165, 1.54) is 0 Å². The Kier molecular flexibility index (Phi) is 6.35. The van der Waals surface area contributed by atoms with Crippen LogP contribution in [0.25, 0.3) is 0 Å². The van der Waals surface area contributed by atoms with Gasteiger partial charge in [-0.15, -0.1) is 0 Å². The first-order valence-electron chi connectivity index (χ1n) is 9.74. The van der Waals surface area contributed by atoms with Crippen LogP contribution in [-0.2, 0) is 11.2 Å². The fourth-order valence-electron chi connectivity index (χ4n) is 3.55. The zero-order chi connectivity index (χ0) is 20.4. The molecule has 1 aliphatic heterocycles. The van der Waals surface area contributed by atoms with Gasteiger partial charge >= 0.3 is 0 Å². The summed E-state index contributed by atoms with van der Waals surface area (Å²) in [5.74, 6) is 0.313. The molecular weight excluding hydrogens is 340 g/mol. The van der Waals surface area contributed by atoms with Crippen molar-refractivity contribution in [3.05, 3.63) is 35.4 Å². The Balaban J connectivity index is 1.98. The summed E-state index contributed by atoms with van der Waals surface area (Å²) in [5, 5.41) is 9.90. The Morgan fingerprint density at radius 1 is 1.26 bits per heavy atom. The average molecular weight is 375 g/mol. The van der Waals surface area contributed by atoms with Crippen molar-refractivity contribution in [1.82, 2.24) is 9.80 Å². The van der Waals surface area contributed by atoms with Crippen LogP contribution in [0.2, 0.25) is 0 Å². The van der Waals surface area contributed by atoms with Crippen molar-refractivity contribution < 1.29 is 14.7 Å². The first-order valence-corrected chi connectivity index (χ1v) is 9.74. The lowest BCUT2D eigenvalue weighted by Crippen LogP contribution is -2.43. The molecule has 150 valence electrons. The van der Waals surface area contributed by atoms with Crippen LogP contribution in [0.3, 0.4) is 0 Å². The molecule has 1 aliphatic rings. The van der Waals surface area contributed by atoms with E-state index in [1.54, 1.807) is 25.8 Å². The minimum Gasteiger partial charge on any atom is -0.390 e. The first kappa shape index (κ1) is 21.4. The summed E-state index contributed by atoms with van der Waals surface area (Å²) in [5.41, 5.74) is 0.808. The highest BCUT2D eigenvalue weighted by molar-refractivity contribution is 5.94. The summed E-state index contributed by atoms with van der Waals surface area (Å²) < 4.78 is 0. The van der Waals surface area contributed by atoms with E-state index in [0.29, 0.717) is 31.5 Å². The molecule has 0 aliphatic carbocycles. The third-order valence-electron chi connectivity index (χ3n) is 5.09. The van der Waals surface area contributed by atoms with Gasteiger partial charge in [-0.05, 0) is 65.2 Å². The third kappa shape index (κ3) is 6.06. The van der Waals surface area contributed by atoms with Crippen molar-refractivity contribution in [2.75, 3.05) is 20.1 Å². The molecule has 1 saturated heterocycles. The third-order valence-corrected chi connectivity index (χ3v) is 5.09. The summed E-state index contributed by atoms with van der Waals surface area (Å²) in [6.45, 7) is 11.0. The molecule has 2 rings (SSSR count). The molecule has 1 N–H and O–H groups in total. The molecule has 5 nitrogen and oxygen atoms in total. The van der Waals surface area contributed by atoms with Gasteiger partial charge in [-0.25, -0.2) is 0 Å². The van der Waals surface area contributed by atoms with Gasteiger partial charge in [0, 0.05) is 43.6 Å². The molecular formula is C22H34N2O3. The SMILES string of the molecule is CN(CC1CC(=O)N(C(C)(C)C)C1)C(=O)c1cccc(CCC(C)(C)O)c1. The summed E-state index contributed by atoms with van der Waals surface area (Å²) >= 11 is 0. The Morgan fingerprint density at radius 3 is 2.48 bits per heavy atom. The minimum absolute atomic E-state index is 0.0261. The Morgan fingerprint density at radius 2 is 1.93 bits per heavy atom. The lowest BCUT2D eigenvalue weighted by atomic mass is 9.97. The number of amides is 2. The molecule has 0 saturated carbocycles. The lowest BCUT2D eigenvalue weighted by Gasteiger charge is -2.32. The number of hydrogen-bond donors (Lipinski definition) is 1. The molecule has 0 spiro atoms. The maximum Gasteiger partial charge on any atom is 0.253 e. The largest absolute Gasteiger partial charge is 0.390 e. The Labute approximate surface area is 163 Å². The van der Waals surface area contributed by atoms with E-state index in [1.807, 2.05) is 49.9 Å². The van der Waals surface area contributed by atoms with Crippen molar-refractivity contribution in [2.24, 2.45) is 5.92 Å². The van der Waals surface area contributed by atoms with E-state index >= 15 is 0 Å². The average Bonchev–Trinajstić information content (AvgIpc) is 2.92. The summed E-state index contributed by atoms with van der Waals surface area (Å²) in [7, 11) is 1.80. The number of likely N-dealkylation sites (tertiary alicyclic amines) is 1. The van der Waals surface area contributed by atoms with E-state index in [0.717, 1.165) is 12.0 Å². The molecule has 1 heterocycles. The Bertz CT molecular complexity index is 686. The normalized spacial score (nSPS) is 18.1. The number of carbonyl (C=O) groups is 2. The molecule has 2 amide bonds. The van der Waals surface area contributed by atoms with Gasteiger partial charge in [-0.2, -0.15) is 0 Å².